The summed E-state index contributed by atoms with van der Waals surface area (Å²) in [5.74, 6) is 0.820. The highest BCUT2D eigenvalue weighted by atomic mass is 16.5. The molecule has 2 amide bonds. The van der Waals surface area contributed by atoms with Crippen molar-refractivity contribution in [3.05, 3.63) is 72.2 Å². The van der Waals surface area contributed by atoms with Gasteiger partial charge in [-0.25, -0.2) is 4.68 Å². The van der Waals surface area contributed by atoms with Crippen LogP contribution in [0.1, 0.15) is 38.1 Å². The Balaban J connectivity index is 1.80. The second kappa shape index (κ2) is 10.7. The third kappa shape index (κ3) is 6.08. The van der Waals surface area contributed by atoms with Gasteiger partial charge in [-0.1, -0.05) is 17.3 Å². The third-order valence-corrected chi connectivity index (χ3v) is 5.68. The van der Waals surface area contributed by atoms with Gasteiger partial charge in [0.25, 0.3) is 0 Å². The van der Waals surface area contributed by atoms with Crippen molar-refractivity contribution in [3.63, 3.8) is 0 Å². The van der Waals surface area contributed by atoms with Gasteiger partial charge in [0.1, 0.15) is 35.4 Å². The first-order valence-corrected chi connectivity index (χ1v) is 11.8. The third-order valence-electron chi connectivity index (χ3n) is 5.68. The molecule has 2 aromatic carbocycles. The van der Waals surface area contributed by atoms with Crippen molar-refractivity contribution in [1.29, 1.82) is 0 Å². The first-order chi connectivity index (χ1) is 17.7. The maximum atomic E-state index is 13.9. The minimum Gasteiger partial charge on any atom is -0.497 e. The van der Waals surface area contributed by atoms with E-state index in [2.05, 4.69) is 15.6 Å². The summed E-state index contributed by atoms with van der Waals surface area (Å²) in [6, 6.07) is 15.0. The normalized spacial score (nSPS) is 12.2. The second-order valence-electron chi connectivity index (χ2n) is 9.62. The van der Waals surface area contributed by atoms with E-state index in [1.165, 1.54) is 30.1 Å². The molecule has 1 N–H and O–H groups in total. The van der Waals surface area contributed by atoms with Crippen LogP contribution in [0.25, 0.3) is 11.0 Å². The number of benzene rings is 2. The Morgan fingerprint density at radius 1 is 1.05 bits per heavy atom. The summed E-state index contributed by atoms with van der Waals surface area (Å²) in [6.45, 7) is 5.58. The number of hydrogen-bond acceptors (Lipinski definition) is 7. The van der Waals surface area contributed by atoms with Gasteiger partial charge >= 0.3 is 0 Å². The Kier molecular flexibility index (Phi) is 7.47. The molecule has 0 unspecified atom stereocenters. The number of fused-ring (bicyclic) bond motifs is 1. The van der Waals surface area contributed by atoms with E-state index in [4.69, 9.17) is 13.9 Å². The van der Waals surface area contributed by atoms with E-state index in [9.17, 15) is 9.59 Å². The topological polar surface area (TPSA) is 112 Å². The lowest BCUT2D eigenvalue weighted by atomic mass is 10.0. The Labute approximate surface area is 215 Å². The van der Waals surface area contributed by atoms with Crippen LogP contribution in [0.3, 0.4) is 0 Å². The molecule has 0 fully saturated rings. The van der Waals surface area contributed by atoms with Gasteiger partial charge in [-0.05, 0) is 62.7 Å². The highest BCUT2D eigenvalue weighted by Gasteiger charge is 2.35. The first-order valence-electron chi connectivity index (χ1n) is 11.8. The highest BCUT2D eigenvalue weighted by molar-refractivity contribution is 5.89. The van der Waals surface area contributed by atoms with Crippen LogP contribution in [0.15, 0.2) is 65.3 Å². The fraction of sp³-hybridized carbons (Fsp3) is 0.333. The van der Waals surface area contributed by atoms with Gasteiger partial charge in [-0.15, -0.1) is 5.10 Å². The maximum Gasteiger partial charge on any atom is 0.247 e. The number of rotatable bonds is 9. The zero-order valence-electron chi connectivity index (χ0n) is 21.6. The quantitative estimate of drug-likeness (QED) is 0.369. The van der Waals surface area contributed by atoms with E-state index < -0.39 is 11.6 Å². The van der Waals surface area contributed by atoms with Crippen molar-refractivity contribution in [1.82, 2.24) is 25.2 Å². The van der Waals surface area contributed by atoms with Crippen molar-refractivity contribution < 1.29 is 23.5 Å². The Hall–Kier alpha value is -4.34. The largest absolute Gasteiger partial charge is 0.497 e. The molecule has 0 aliphatic rings. The van der Waals surface area contributed by atoms with Crippen LogP contribution in [-0.2, 0) is 22.7 Å². The van der Waals surface area contributed by atoms with Crippen LogP contribution in [0.2, 0.25) is 0 Å². The standard InChI is InChI=1S/C27H31N5O5/c1-27(2,3)28-26(34)25(18-13-20(35-4)15-21(14-18)36-5)31(16-19-9-8-12-37-19)24(33)17-32-23-11-7-6-10-22(23)29-30-32/h6-15,25H,16-17H2,1-5H3,(H,28,34)/t25-/m0/s1. The van der Waals surface area contributed by atoms with E-state index >= 15 is 0 Å². The number of carbonyl (C=O) groups excluding carboxylic acids is 2. The molecular formula is C27H31N5O5. The summed E-state index contributed by atoms with van der Waals surface area (Å²) in [5, 5.41) is 11.3. The Morgan fingerprint density at radius 2 is 1.76 bits per heavy atom. The molecule has 0 saturated heterocycles. The second-order valence-corrected chi connectivity index (χ2v) is 9.62. The van der Waals surface area contributed by atoms with Crippen molar-refractivity contribution >= 4 is 22.8 Å². The molecule has 2 aromatic heterocycles. The van der Waals surface area contributed by atoms with Gasteiger partial charge in [0, 0.05) is 11.6 Å². The Morgan fingerprint density at radius 3 is 2.38 bits per heavy atom. The average molecular weight is 506 g/mol. The van der Waals surface area contributed by atoms with Gasteiger partial charge in [0.05, 0.1) is 32.5 Å². The minimum absolute atomic E-state index is 0.0558. The number of ether oxygens (including phenoxy) is 2. The summed E-state index contributed by atoms with van der Waals surface area (Å²) in [7, 11) is 3.06. The van der Waals surface area contributed by atoms with Crippen LogP contribution in [0.5, 0.6) is 11.5 Å². The number of carbonyl (C=O) groups is 2. The molecule has 4 rings (SSSR count). The lowest BCUT2D eigenvalue weighted by Crippen LogP contribution is -2.49. The summed E-state index contributed by atoms with van der Waals surface area (Å²) in [4.78, 5) is 29.2. The van der Waals surface area contributed by atoms with E-state index in [1.807, 2.05) is 45.0 Å². The van der Waals surface area contributed by atoms with Gasteiger partial charge in [0.15, 0.2) is 0 Å². The zero-order valence-corrected chi connectivity index (χ0v) is 21.6. The van der Waals surface area contributed by atoms with Crippen LogP contribution < -0.4 is 14.8 Å². The van der Waals surface area contributed by atoms with Crippen molar-refractivity contribution in [2.45, 2.75) is 45.4 Å². The average Bonchev–Trinajstić information content (AvgIpc) is 3.52. The number of hydrogen-bond donors (Lipinski definition) is 1. The lowest BCUT2D eigenvalue weighted by molar-refractivity contribution is -0.143. The van der Waals surface area contributed by atoms with Crippen LogP contribution >= 0.6 is 0 Å². The molecule has 194 valence electrons. The number of nitrogens with one attached hydrogen (secondary N) is 1. The predicted molar refractivity (Wildman–Crippen MR) is 137 cm³/mol. The van der Waals surface area contributed by atoms with E-state index in [0.29, 0.717) is 33.9 Å². The predicted octanol–water partition coefficient (Wildman–Crippen LogP) is 3.73. The number of para-hydroxylation sites is 1. The fourth-order valence-electron chi connectivity index (χ4n) is 4.05. The molecule has 0 aliphatic carbocycles. The van der Waals surface area contributed by atoms with E-state index in [-0.39, 0.29) is 24.9 Å². The monoisotopic (exact) mass is 505 g/mol. The van der Waals surface area contributed by atoms with Crippen LogP contribution in [0.4, 0.5) is 0 Å². The molecule has 0 spiro atoms. The molecule has 0 bridgehead atoms. The van der Waals surface area contributed by atoms with Crippen LogP contribution in [0, 0.1) is 0 Å². The smallest absolute Gasteiger partial charge is 0.247 e. The molecule has 37 heavy (non-hydrogen) atoms. The molecule has 0 aliphatic heterocycles. The lowest BCUT2D eigenvalue weighted by Gasteiger charge is -2.33. The van der Waals surface area contributed by atoms with E-state index in [1.54, 1.807) is 30.3 Å². The van der Waals surface area contributed by atoms with Crippen LogP contribution in [-0.4, -0.2) is 51.5 Å². The van der Waals surface area contributed by atoms with E-state index in [0.717, 1.165) is 0 Å². The summed E-state index contributed by atoms with van der Waals surface area (Å²) in [5.41, 5.74) is 1.38. The fourth-order valence-corrected chi connectivity index (χ4v) is 4.05. The van der Waals surface area contributed by atoms with Crippen molar-refractivity contribution in [2.75, 3.05) is 14.2 Å². The molecule has 0 saturated carbocycles. The zero-order chi connectivity index (χ0) is 26.6. The van der Waals surface area contributed by atoms with Gasteiger partial charge in [-0.2, -0.15) is 0 Å². The van der Waals surface area contributed by atoms with Crippen molar-refractivity contribution in [2.24, 2.45) is 0 Å². The summed E-state index contributed by atoms with van der Waals surface area (Å²) >= 11 is 0. The van der Waals surface area contributed by atoms with Gasteiger partial charge < -0.3 is 24.1 Å². The SMILES string of the molecule is COc1cc(OC)cc([C@@H](C(=O)NC(C)(C)C)N(Cc2ccco2)C(=O)Cn2nnc3ccccc32)c1. The number of aromatic nitrogens is 3. The summed E-state index contributed by atoms with van der Waals surface area (Å²) in [6.07, 6.45) is 1.53. The number of furan rings is 1. The molecule has 10 nitrogen and oxygen atoms in total. The summed E-state index contributed by atoms with van der Waals surface area (Å²) < 4.78 is 18.0. The Bertz CT molecular complexity index is 1350. The number of amides is 2. The number of nitrogens with zero attached hydrogens (tertiary/aromatic N) is 4. The molecule has 0 radical (unpaired) electrons. The molecule has 10 heteroatoms. The first kappa shape index (κ1) is 25.7. The maximum absolute atomic E-state index is 13.9. The molecule has 1 atom stereocenters. The molecule has 4 aromatic rings. The van der Waals surface area contributed by atoms with Crippen molar-refractivity contribution in [3.8, 4) is 11.5 Å². The number of methoxy groups -OCH3 is 2. The highest BCUT2D eigenvalue weighted by Crippen LogP contribution is 2.32. The van der Waals surface area contributed by atoms with Gasteiger partial charge in [0.2, 0.25) is 11.8 Å². The van der Waals surface area contributed by atoms with Gasteiger partial charge in [-0.3, -0.25) is 9.59 Å². The minimum atomic E-state index is -1.02. The molecular weight excluding hydrogens is 474 g/mol. The molecule has 2 heterocycles.